The molecule has 1 saturated heterocycles. The number of aromatic nitrogens is 1. The molecule has 2 fully saturated rings. The topological polar surface area (TPSA) is 55.5 Å². The van der Waals surface area contributed by atoms with E-state index in [1.165, 1.54) is 19.3 Å². The van der Waals surface area contributed by atoms with Crippen LogP contribution in [0.25, 0.3) is 0 Å². The number of nitrogens with zero attached hydrogens (tertiary/aromatic N) is 2. The number of benzene rings is 2. The SMILES string of the molecule is OC(c1ccccc1)(c1ncc(C[N+]2(CCCOc3ccccc3)CCCC2)o1)C1CCCCC1. The summed E-state index contributed by atoms with van der Waals surface area (Å²) in [5, 5.41) is 12.1. The summed E-state index contributed by atoms with van der Waals surface area (Å²) in [6, 6.07) is 20.1. The highest BCUT2D eigenvalue weighted by atomic mass is 16.5. The number of likely N-dealkylation sites (tertiary alicyclic amines) is 1. The average Bonchev–Trinajstić information content (AvgIpc) is 3.58. The van der Waals surface area contributed by atoms with Crippen LogP contribution < -0.4 is 4.74 Å². The number of oxazole rings is 1. The summed E-state index contributed by atoms with van der Waals surface area (Å²) in [7, 11) is 0. The van der Waals surface area contributed by atoms with E-state index >= 15 is 0 Å². The third-order valence-corrected chi connectivity index (χ3v) is 8.08. The lowest BCUT2D eigenvalue weighted by molar-refractivity contribution is -0.930. The van der Waals surface area contributed by atoms with Gasteiger partial charge in [-0.1, -0.05) is 67.8 Å². The third-order valence-electron chi connectivity index (χ3n) is 8.08. The van der Waals surface area contributed by atoms with Gasteiger partial charge in [0.1, 0.15) is 12.3 Å². The summed E-state index contributed by atoms with van der Waals surface area (Å²) in [5.41, 5.74) is -0.275. The molecule has 1 aliphatic carbocycles. The first-order chi connectivity index (χ1) is 17.2. The van der Waals surface area contributed by atoms with Crippen LogP contribution in [-0.2, 0) is 12.1 Å². The van der Waals surface area contributed by atoms with Crippen molar-refractivity contribution >= 4 is 0 Å². The second-order valence-electron chi connectivity index (χ2n) is 10.5. The Labute approximate surface area is 209 Å². The Balaban J connectivity index is 1.30. The van der Waals surface area contributed by atoms with Gasteiger partial charge in [-0.05, 0) is 30.5 Å². The fourth-order valence-corrected chi connectivity index (χ4v) is 6.21. The van der Waals surface area contributed by atoms with E-state index in [-0.39, 0.29) is 5.92 Å². The minimum Gasteiger partial charge on any atom is -0.493 e. The van der Waals surface area contributed by atoms with Crippen LogP contribution in [0, 0.1) is 5.92 Å². The van der Waals surface area contributed by atoms with Gasteiger partial charge in [-0.15, -0.1) is 0 Å². The Morgan fingerprint density at radius 1 is 0.914 bits per heavy atom. The summed E-state index contributed by atoms with van der Waals surface area (Å²) in [6.07, 6.45) is 10.9. The lowest BCUT2D eigenvalue weighted by Crippen LogP contribution is -2.45. The Hall–Kier alpha value is -2.63. The van der Waals surface area contributed by atoms with Crippen LogP contribution >= 0.6 is 0 Å². The van der Waals surface area contributed by atoms with E-state index in [1.807, 2.05) is 66.9 Å². The first kappa shape index (κ1) is 24.1. The van der Waals surface area contributed by atoms with Crippen molar-refractivity contribution in [3.63, 3.8) is 0 Å². The molecule has 1 atom stereocenters. The second-order valence-corrected chi connectivity index (χ2v) is 10.5. The monoisotopic (exact) mass is 475 g/mol. The molecule has 1 N–H and O–H groups in total. The minimum atomic E-state index is -1.17. The van der Waals surface area contributed by atoms with E-state index in [2.05, 4.69) is 0 Å². The van der Waals surface area contributed by atoms with Gasteiger partial charge in [0.2, 0.25) is 5.89 Å². The quantitative estimate of drug-likeness (QED) is 0.286. The molecule has 2 aliphatic rings. The lowest BCUT2D eigenvalue weighted by Gasteiger charge is -2.36. The highest BCUT2D eigenvalue weighted by Gasteiger charge is 2.45. The first-order valence-electron chi connectivity index (χ1n) is 13.4. The number of hydrogen-bond acceptors (Lipinski definition) is 4. The molecule has 1 unspecified atom stereocenters. The van der Waals surface area contributed by atoms with Gasteiger partial charge in [0.15, 0.2) is 11.4 Å². The molecule has 0 bridgehead atoms. The average molecular weight is 476 g/mol. The van der Waals surface area contributed by atoms with Crippen molar-refractivity contribution in [2.45, 2.75) is 63.5 Å². The summed E-state index contributed by atoms with van der Waals surface area (Å²) < 4.78 is 13.4. The molecular weight excluding hydrogens is 436 g/mol. The number of para-hydroxylation sites is 1. The molecule has 0 radical (unpaired) electrons. The van der Waals surface area contributed by atoms with Gasteiger partial charge in [0.05, 0.1) is 32.4 Å². The Kier molecular flexibility index (Phi) is 7.54. The van der Waals surface area contributed by atoms with Crippen LogP contribution in [0.4, 0.5) is 0 Å². The predicted octanol–water partition coefficient (Wildman–Crippen LogP) is 6.07. The normalized spacial score (nSPS) is 19.9. The van der Waals surface area contributed by atoms with Crippen molar-refractivity contribution in [3.05, 3.63) is 84.1 Å². The highest BCUT2D eigenvalue weighted by molar-refractivity contribution is 5.30. The maximum absolute atomic E-state index is 12.1. The van der Waals surface area contributed by atoms with Crippen LogP contribution in [0.15, 0.2) is 71.3 Å². The Morgan fingerprint density at radius 2 is 1.60 bits per heavy atom. The minimum absolute atomic E-state index is 0.134. The molecule has 3 aromatic rings. The molecule has 186 valence electrons. The zero-order valence-electron chi connectivity index (χ0n) is 20.8. The van der Waals surface area contributed by atoms with Gasteiger partial charge in [-0.2, -0.15) is 0 Å². The van der Waals surface area contributed by atoms with Crippen molar-refractivity contribution in [2.24, 2.45) is 5.92 Å². The molecule has 0 amide bonds. The molecule has 0 spiro atoms. The van der Waals surface area contributed by atoms with Crippen molar-refractivity contribution in [3.8, 4) is 5.75 Å². The van der Waals surface area contributed by atoms with Crippen molar-refractivity contribution in [1.29, 1.82) is 0 Å². The lowest BCUT2D eigenvalue weighted by atomic mass is 9.73. The van der Waals surface area contributed by atoms with E-state index in [1.54, 1.807) is 0 Å². The summed E-state index contributed by atoms with van der Waals surface area (Å²) >= 11 is 0. The van der Waals surface area contributed by atoms with Crippen LogP contribution in [0.3, 0.4) is 0 Å². The molecule has 5 nitrogen and oxygen atoms in total. The van der Waals surface area contributed by atoms with Crippen LogP contribution in [-0.4, -0.2) is 40.8 Å². The molecule has 2 heterocycles. The van der Waals surface area contributed by atoms with E-state index in [0.717, 1.165) is 86.4 Å². The summed E-state index contributed by atoms with van der Waals surface area (Å²) in [6.45, 7) is 4.93. The number of aliphatic hydroxyl groups is 1. The summed E-state index contributed by atoms with van der Waals surface area (Å²) in [5.74, 6) is 2.42. The number of quaternary nitrogens is 1. The van der Waals surface area contributed by atoms with Crippen LogP contribution in [0.5, 0.6) is 5.75 Å². The number of hydrogen-bond donors (Lipinski definition) is 1. The first-order valence-corrected chi connectivity index (χ1v) is 13.4. The molecule has 1 saturated carbocycles. The van der Waals surface area contributed by atoms with Gasteiger partial charge < -0.3 is 18.7 Å². The highest BCUT2D eigenvalue weighted by Crippen LogP contribution is 2.43. The fourth-order valence-electron chi connectivity index (χ4n) is 6.21. The van der Waals surface area contributed by atoms with Crippen molar-refractivity contribution in [2.75, 3.05) is 26.2 Å². The van der Waals surface area contributed by atoms with E-state index in [9.17, 15) is 5.11 Å². The van der Waals surface area contributed by atoms with Gasteiger partial charge in [-0.3, -0.25) is 0 Å². The van der Waals surface area contributed by atoms with E-state index in [0.29, 0.717) is 5.89 Å². The molecule has 1 aliphatic heterocycles. The van der Waals surface area contributed by atoms with Crippen molar-refractivity contribution < 1.29 is 18.7 Å². The van der Waals surface area contributed by atoms with E-state index < -0.39 is 5.60 Å². The maximum Gasteiger partial charge on any atom is 0.231 e. The van der Waals surface area contributed by atoms with Crippen LogP contribution in [0.2, 0.25) is 0 Å². The van der Waals surface area contributed by atoms with Gasteiger partial charge in [0.25, 0.3) is 0 Å². The predicted molar refractivity (Wildman–Crippen MR) is 137 cm³/mol. The van der Waals surface area contributed by atoms with Crippen molar-refractivity contribution in [1.82, 2.24) is 4.98 Å². The van der Waals surface area contributed by atoms with Crippen LogP contribution in [0.1, 0.15) is 68.6 Å². The molecule has 5 rings (SSSR count). The molecule has 5 heteroatoms. The second kappa shape index (κ2) is 11.0. The Bertz CT molecular complexity index is 1040. The third kappa shape index (κ3) is 5.46. The standard InChI is InChI=1S/C30H39N2O3/c33-30(25-13-4-1-5-14-25,26-15-6-2-7-16-26)29-31-23-28(35-29)24-32(19-10-11-20-32)21-12-22-34-27-17-8-3-9-18-27/h1,3-5,8-9,13-14,17-18,23,26,33H,2,6-7,10-12,15-16,19-22,24H2/q+1. The van der Waals surface area contributed by atoms with Gasteiger partial charge in [-0.25, -0.2) is 4.98 Å². The number of ether oxygens (including phenoxy) is 1. The molecular formula is C30H39N2O3+. The Morgan fingerprint density at radius 3 is 2.31 bits per heavy atom. The molecule has 2 aromatic carbocycles. The largest absolute Gasteiger partial charge is 0.493 e. The zero-order chi connectivity index (χ0) is 24.0. The zero-order valence-corrected chi connectivity index (χ0v) is 20.8. The smallest absolute Gasteiger partial charge is 0.231 e. The van der Waals surface area contributed by atoms with E-state index in [4.69, 9.17) is 14.1 Å². The summed E-state index contributed by atoms with van der Waals surface area (Å²) in [4.78, 5) is 4.70. The maximum atomic E-state index is 12.1. The van der Waals surface area contributed by atoms with Gasteiger partial charge >= 0.3 is 0 Å². The molecule has 1 aromatic heterocycles. The molecule has 35 heavy (non-hydrogen) atoms. The number of rotatable bonds is 10. The van der Waals surface area contributed by atoms with Gasteiger partial charge in [0, 0.05) is 25.2 Å². The fraction of sp³-hybridized carbons (Fsp3) is 0.500.